The number of amides is 3. The van der Waals surface area contributed by atoms with Crippen LogP contribution in [0, 0.1) is 19.7 Å². The summed E-state index contributed by atoms with van der Waals surface area (Å²) in [6.07, 6.45) is 1.56. The van der Waals surface area contributed by atoms with Gasteiger partial charge in [0.25, 0.3) is 11.8 Å². The SMILES string of the molecule is Cc1[nH]c(C=C2C(=O)Nc3ccc(F)cc32)c(C)c1C(=O)N[C@@H](CO)C(=O)N(C)C. The van der Waals surface area contributed by atoms with Crippen molar-refractivity contribution < 1.29 is 23.9 Å². The molecule has 1 aliphatic rings. The van der Waals surface area contributed by atoms with Crippen LogP contribution >= 0.6 is 0 Å². The van der Waals surface area contributed by atoms with Crippen molar-refractivity contribution in [3.63, 3.8) is 0 Å². The second kappa shape index (κ2) is 8.11. The zero-order valence-electron chi connectivity index (χ0n) is 17.1. The summed E-state index contributed by atoms with van der Waals surface area (Å²) < 4.78 is 13.7. The van der Waals surface area contributed by atoms with E-state index in [9.17, 15) is 23.9 Å². The maximum absolute atomic E-state index is 13.7. The molecule has 3 rings (SSSR count). The number of hydrogen-bond donors (Lipinski definition) is 4. The van der Waals surface area contributed by atoms with Crippen LogP contribution in [0.25, 0.3) is 11.6 Å². The van der Waals surface area contributed by atoms with Crippen molar-refractivity contribution in [3.05, 3.63) is 52.1 Å². The molecule has 0 unspecified atom stereocenters. The van der Waals surface area contributed by atoms with Crippen LogP contribution < -0.4 is 10.6 Å². The Morgan fingerprint density at radius 3 is 2.63 bits per heavy atom. The monoisotopic (exact) mass is 414 g/mol. The van der Waals surface area contributed by atoms with Crippen LogP contribution in [0.15, 0.2) is 18.2 Å². The molecule has 158 valence electrons. The second-order valence-corrected chi connectivity index (χ2v) is 7.31. The number of aliphatic hydroxyl groups excluding tert-OH is 1. The fraction of sp³-hybridized carbons (Fsp3) is 0.286. The van der Waals surface area contributed by atoms with Gasteiger partial charge in [-0.25, -0.2) is 4.39 Å². The van der Waals surface area contributed by atoms with Gasteiger partial charge in [-0.15, -0.1) is 0 Å². The molecule has 3 amide bonds. The highest BCUT2D eigenvalue weighted by Crippen LogP contribution is 2.34. The summed E-state index contributed by atoms with van der Waals surface area (Å²) in [6, 6.07) is 2.96. The van der Waals surface area contributed by atoms with Gasteiger partial charge >= 0.3 is 0 Å². The molecule has 30 heavy (non-hydrogen) atoms. The minimum atomic E-state index is -1.07. The van der Waals surface area contributed by atoms with Gasteiger partial charge in [0, 0.05) is 36.7 Å². The fourth-order valence-electron chi connectivity index (χ4n) is 3.43. The number of aromatic amines is 1. The average Bonchev–Trinajstić information content (AvgIpc) is 3.14. The molecule has 1 aromatic carbocycles. The maximum atomic E-state index is 13.7. The molecule has 0 saturated carbocycles. The minimum absolute atomic E-state index is 0.275. The number of carbonyl (C=O) groups excluding carboxylic acids is 3. The predicted molar refractivity (Wildman–Crippen MR) is 110 cm³/mol. The number of H-pyrrole nitrogens is 1. The quantitative estimate of drug-likeness (QED) is 0.554. The molecule has 9 heteroatoms. The number of carbonyl (C=O) groups is 3. The minimum Gasteiger partial charge on any atom is -0.394 e. The summed E-state index contributed by atoms with van der Waals surface area (Å²) in [4.78, 5) is 41.5. The van der Waals surface area contributed by atoms with Gasteiger partial charge in [-0.3, -0.25) is 14.4 Å². The number of hydrogen-bond acceptors (Lipinski definition) is 4. The molecule has 0 fully saturated rings. The van der Waals surface area contributed by atoms with E-state index in [4.69, 9.17) is 0 Å². The van der Waals surface area contributed by atoms with Crippen LogP contribution in [0.4, 0.5) is 10.1 Å². The first kappa shape index (κ1) is 21.3. The van der Waals surface area contributed by atoms with E-state index < -0.39 is 30.3 Å². The number of nitrogens with zero attached hydrogens (tertiary/aromatic N) is 1. The van der Waals surface area contributed by atoms with E-state index in [1.54, 1.807) is 19.9 Å². The molecule has 0 saturated heterocycles. The molecule has 4 N–H and O–H groups in total. The zero-order chi connectivity index (χ0) is 22.2. The van der Waals surface area contributed by atoms with Crippen LogP contribution in [0.5, 0.6) is 0 Å². The topological polar surface area (TPSA) is 115 Å². The summed E-state index contributed by atoms with van der Waals surface area (Å²) in [5, 5.41) is 14.7. The molecule has 0 aliphatic carbocycles. The Morgan fingerprint density at radius 1 is 1.30 bits per heavy atom. The summed E-state index contributed by atoms with van der Waals surface area (Å²) >= 11 is 0. The van der Waals surface area contributed by atoms with E-state index >= 15 is 0 Å². The van der Waals surface area contributed by atoms with Gasteiger partial charge in [0.1, 0.15) is 11.9 Å². The lowest BCUT2D eigenvalue weighted by Gasteiger charge is -2.20. The Bertz CT molecular complexity index is 1070. The third-order valence-corrected chi connectivity index (χ3v) is 4.98. The third-order valence-electron chi connectivity index (χ3n) is 4.98. The largest absolute Gasteiger partial charge is 0.394 e. The molecular formula is C21H23FN4O4. The normalized spacial score (nSPS) is 15.0. The zero-order valence-corrected chi connectivity index (χ0v) is 17.1. The molecule has 1 atom stereocenters. The molecule has 2 heterocycles. The number of rotatable bonds is 5. The second-order valence-electron chi connectivity index (χ2n) is 7.31. The Kier molecular flexibility index (Phi) is 5.75. The number of nitrogens with one attached hydrogen (secondary N) is 3. The van der Waals surface area contributed by atoms with Crippen LogP contribution in [0.1, 0.15) is 32.9 Å². The number of benzene rings is 1. The van der Waals surface area contributed by atoms with Gasteiger partial charge in [-0.05, 0) is 43.7 Å². The fourth-order valence-corrected chi connectivity index (χ4v) is 3.43. The average molecular weight is 414 g/mol. The van der Waals surface area contributed by atoms with Gasteiger partial charge < -0.3 is 25.6 Å². The Labute approximate surface area is 172 Å². The summed E-state index contributed by atoms with van der Waals surface area (Å²) in [5.74, 6) is -1.79. The van der Waals surface area contributed by atoms with Gasteiger partial charge in [-0.2, -0.15) is 0 Å². The van der Waals surface area contributed by atoms with Crippen LogP contribution in [0.2, 0.25) is 0 Å². The molecule has 0 radical (unpaired) electrons. The van der Waals surface area contributed by atoms with Crippen molar-refractivity contribution in [2.24, 2.45) is 0 Å². The first-order valence-corrected chi connectivity index (χ1v) is 9.29. The van der Waals surface area contributed by atoms with Gasteiger partial charge in [0.2, 0.25) is 5.91 Å². The van der Waals surface area contributed by atoms with E-state index in [0.717, 1.165) is 0 Å². The lowest BCUT2D eigenvalue weighted by molar-refractivity contribution is -0.131. The van der Waals surface area contributed by atoms with Crippen molar-refractivity contribution in [3.8, 4) is 0 Å². The smallest absolute Gasteiger partial charge is 0.256 e. The third kappa shape index (κ3) is 3.84. The number of anilines is 1. The lowest BCUT2D eigenvalue weighted by Crippen LogP contribution is -2.48. The maximum Gasteiger partial charge on any atom is 0.256 e. The molecule has 0 bridgehead atoms. The van der Waals surface area contributed by atoms with Crippen molar-refractivity contribution in [2.45, 2.75) is 19.9 Å². The number of aryl methyl sites for hydroxylation is 1. The molecule has 1 aliphatic heterocycles. The molecule has 2 aromatic rings. The van der Waals surface area contributed by atoms with Gasteiger partial charge in [0.15, 0.2) is 0 Å². The molecule has 0 spiro atoms. The van der Waals surface area contributed by atoms with Crippen LogP contribution in [-0.2, 0) is 9.59 Å². The molecule has 1 aromatic heterocycles. The first-order valence-electron chi connectivity index (χ1n) is 9.29. The van der Waals surface area contributed by atoms with E-state index in [0.29, 0.717) is 33.8 Å². The summed E-state index contributed by atoms with van der Waals surface area (Å²) in [7, 11) is 3.06. The Hall–Kier alpha value is -3.46. The number of aliphatic hydroxyl groups is 1. The van der Waals surface area contributed by atoms with Crippen molar-refractivity contribution >= 4 is 35.1 Å². The number of halogens is 1. The van der Waals surface area contributed by atoms with E-state index in [1.165, 1.54) is 37.2 Å². The summed E-state index contributed by atoms with van der Waals surface area (Å²) in [5.41, 5.74) is 3.14. The van der Waals surface area contributed by atoms with Crippen molar-refractivity contribution in [1.29, 1.82) is 0 Å². The highest BCUT2D eigenvalue weighted by molar-refractivity contribution is 6.34. The Balaban J connectivity index is 1.94. The number of likely N-dealkylation sites (N-methyl/N-ethyl adjacent to an activating group) is 1. The summed E-state index contributed by atoms with van der Waals surface area (Å²) in [6.45, 7) is 2.85. The highest BCUT2D eigenvalue weighted by atomic mass is 19.1. The molecule has 8 nitrogen and oxygen atoms in total. The van der Waals surface area contributed by atoms with Crippen LogP contribution in [0.3, 0.4) is 0 Å². The Morgan fingerprint density at radius 2 is 2.00 bits per heavy atom. The number of aromatic nitrogens is 1. The van der Waals surface area contributed by atoms with Crippen LogP contribution in [-0.4, -0.2) is 59.5 Å². The van der Waals surface area contributed by atoms with E-state index in [1.807, 2.05) is 0 Å². The van der Waals surface area contributed by atoms with Gasteiger partial charge in [0.05, 0.1) is 17.7 Å². The van der Waals surface area contributed by atoms with E-state index in [-0.39, 0.29) is 11.5 Å². The lowest BCUT2D eigenvalue weighted by atomic mass is 10.0. The van der Waals surface area contributed by atoms with Crippen molar-refractivity contribution in [2.75, 3.05) is 26.0 Å². The van der Waals surface area contributed by atoms with Gasteiger partial charge in [-0.1, -0.05) is 0 Å². The standard InChI is InChI=1S/C21H23FN4O4/c1-10-16(8-14-13-7-12(22)5-6-15(13)24-19(14)28)23-11(2)18(10)20(29)25-17(9-27)21(30)26(3)4/h5-8,17,23,27H,9H2,1-4H3,(H,24,28)(H,25,29)/t17-/m0/s1. The van der Waals surface area contributed by atoms with Crippen molar-refractivity contribution in [1.82, 2.24) is 15.2 Å². The number of fused-ring (bicyclic) bond motifs is 1. The van der Waals surface area contributed by atoms with E-state index in [2.05, 4.69) is 15.6 Å². The first-order chi connectivity index (χ1) is 14.1. The predicted octanol–water partition coefficient (Wildman–Crippen LogP) is 1.44. The highest BCUT2D eigenvalue weighted by Gasteiger charge is 2.27. The molecular weight excluding hydrogens is 391 g/mol.